The van der Waals surface area contributed by atoms with Crippen molar-refractivity contribution in [2.24, 2.45) is 0 Å². The highest BCUT2D eigenvalue weighted by atomic mass is 16.5. The molecule has 0 fully saturated rings. The number of anilines is 1. The molecule has 0 radical (unpaired) electrons. The number of aryl methyl sites for hydroxylation is 2. The fourth-order valence-corrected chi connectivity index (χ4v) is 5.43. The number of hydrogen-bond acceptors (Lipinski definition) is 6. The Balaban J connectivity index is 1.36. The number of benzene rings is 3. The predicted molar refractivity (Wildman–Crippen MR) is 154 cm³/mol. The third-order valence-corrected chi connectivity index (χ3v) is 7.18. The van der Waals surface area contributed by atoms with E-state index in [9.17, 15) is 0 Å². The lowest BCUT2D eigenvalue weighted by atomic mass is 10.0. The van der Waals surface area contributed by atoms with Crippen molar-refractivity contribution in [3.8, 4) is 28.4 Å². The molecule has 0 atom stereocenters. The average Bonchev–Trinajstić information content (AvgIpc) is 3.63. The fraction of sp³-hybridized carbons (Fsp3) is 0.125. The summed E-state index contributed by atoms with van der Waals surface area (Å²) in [6, 6.07) is 26.9. The van der Waals surface area contributed by atoms with Gasteiger partial charge in [0, 0.05) is 59.8 Å². The maximum Gasteiger partial charge on any atom is 0.141 e. The lowest BCUT2D eigenvalue weighted by Gasteiger charge is -2.20. The molecular formula is C32H27N5O2. The standard InChI is InChI=1S/C32H27N5O2/c1-21-32(22(2)39-34-21)23-16-24(36-15-14-35(3)20-36)18-26(17-23)38-25-11-12-28-27-8-4-5-9-29(27)37(30(28)19-25)31-10-6-7-13-33-31/h4-19H,20H2,1-3H3. The molecule has 7 nitrogen and oxygen atoms in total. The normalized spacial score (nSPS) is 13.2. The summed E-state index contributed by atoms with van der Waals surface area (Å²) < 4.78 is 14.2. The van der Waals surface area contributed by atoms with Crippen LogP contribution in [0.1, 0.15) is 11.5 Å². The topological polar surface area (TPSA) is 59.6 Å². The Kier molecular flexibility index (Phi) is 5.37. The van der Waals surface area contributed by atoms with Crippen LogP contribution in [-0.4, -0.2) is 33.3 Å². The summed E-state index contributed by atoms with van der Waals surface area (Å²) in [6.45, 7) is 4.67. The van der Waals surface area contributed by atoms with E-state index in [0.717, 1.165) is 68.7 Å². The van der Waals surface area contributed by atoms with Crippen LogP contribution in [0.15, 0.2) is 102 Å². The van der Waals surface area contributed by atoms with Gasteiger partial charge < -0.3 is 19.1 Å². The number of fused-ring (bicyclic) bond motifs is 3. The third kappa shape index (κ3) is 3.99. The monoisotopic (exact) mass is 513 g/mol. The van der Waals surface area contributed by atoms with Gasteiger partial charge in [0.2, 0.25) is 0 Å². The molecule has 1 aliphatic rings. The minimum Gasteiger partial charge on any atom is -0.457 e. The van der Waals surface area contributed by atoms with Crippen LogP contribution in [-0.2, 0) is 0 Å². The van der Waals surface area contributed by atoms with Gasteiger partial charge in [-0.15, -0.1) is 0 Å². The van der Waals surface area contributed by atoms with Gasteiger partial charge in [-0.05, 0) is 61.9 Å². The van der Waals surface area contributed by atoms with Crippen molar-refractivity contribution in [3.05, 3.63) is 109 Å². The molecule has 6 aromatic rings. The molecule has 7 heteroatoms. The Morgan fingerprint density at radius 3 is 2.44 bits per heavy atom. The minimum atomic E-state index is 0.741. The number of hydrogen-bond donors (Lipinski definition) is 0. The molecule has 0 N–H and O–H groups in total. The van der Waals surface area contributed by atoms with Crippen LogP contribution in [0.5, 0.6) is 11.5 Å². The predicted octanol–water partition coefficient (Wildman–Crippen LogP) is 7.42. The lowest BCUT2D eigenvalue weighted by molar-refractivity contribution is 0.393. The van der Waals surface area contributed by atoms with E-state index in [4.69, 9.17) is 9.26 Å². The molecule has 0 aliphatic carbocycles. The molecule has 0 saturated carbocycles. The molecule has 4 heterocycles. The summed E-state index contributed by atoms with van der Waals surface area (Å²) in [5.74, 6) is 3.14. The van der Waals surface area contributed by atoms with Crippen molar-refractivity contribution >= 4 is 27.5 Å². The van der Waals surface area contributed by atoms with Gasteiger partial charge in [-0.2, -0.15) is 0 Å². The van der Waals surface area contributed by atoms with Crippen LogP contribution >= 0.6 is 0 Å². The van der Waals surface area contributed by atoms with Gasteiger partial charge in [0.05, 0.1) is 23.4 Å². The molecule has 3 aromatic heterocycles. The van der Waals surface area contributed by atoms with Crippen LogP contribution in [0.2, 0.25) is 0 Å². The summed E-state index contributed by atoms with van der Waals surface area (Å²) >= 11 is 0. The Labute approximate surface area is 226 Å². The Morgan fingerprint density at radius 1 is 0.821 bits per heavy atom. The summed E-state index contributed by atoms with van der Waals surface area (Å²) in [7, 11) is 2.06. The lowest BCUT2D eigenvalue weighted by Crippen LogP contribution is -2.21. The van der Waals surface area contributed by atoms with Crippen LogP contribution in [0, 0.1) is 13.8 Å². The highest BCUT2D eigenvalue weighted by molar-refractivity contribution is 6.09. The summed E-state index contributed by atoms with van der Waals surface area (Å²) in [4.78, 5) is 8.97. The van der Waals surface area contributed by atoms with E-state index in [-0.39, 0.29) is 0 Å². The van der Waals surface area contributed by atoms with Crippen LogP contribution in [0.4, 0.5) is 5.69 Å². The molecule has 192 valence electrons. The molecule has 7 rings (SSSR count). The van der Waals surface area contributed by atoms with Crippen molar-refractivity contribution in [1.82, 2.24) is 19.6 Å². The Hall–Kier alpha value is -5.04. The minimum absolute atomic E-state index is 0.741. The van der Waals surface area contributed by atoms with Gasteiger partial charge in [0.15, 0.2) is 0 Å². The maximum absolute atomic E-state index is 6.57. The number of rotatable bonds is 5. The molecule has 0 bridgehead atoms. The van der Waals surface area contributed by atoms with E-state index in [1.54, 1.807) is 0 Å². The van der Waals surface area contributed by atoms with Crippen molar-refractivity contribution in [3.63, 3.8) is 0 Å². The SMILES string of the molecule is Cc1noc(C)c1-c1cc(Oc2ccc3c4ccccc4n(-c4ccccn4)c3c2)cc(N2C=CN(C)C2)c1. The third-order valence-electron chi connectivity index (χ3n) is 7.18. The van der Waals surface area contributed by atoms with Gasteiger partial charge in [-0.25, -0.2) is 4.98 Å². The molecule has 0 spiro atoms. The van der Waals surface area contributed by atoms with Gasteiger partial charge >= 0.3 is 0 Å². The molecule has 0 amide bonds. The first-order chi connectivity index (χ1) is 19.0. The zero-order valence-corrected chi connectivity index (χ0v) is 22.0. The summed E-state index contributed by atoms with van der Waals surface area (Å²) in [5, 5.41) is 6.51. The van der Waals surface area contributed by atoms with Gasteiger partial charge in [-0.3, -0.25) is 4.57 Å². The quantitative estimate of drug-likeness (QED) is 0.239. The molecule has 0 saturated heterocycles. The van der Waals surface area contributed by atoms with Crippen LogP contribution < -0.4 is 9.64 Å². The highest BCUT2D eigenvalue weighted by Gasteiger charge is 2.19. The molecular weight excluding hydrogens is 486 g/mol. The largest absolute Gasteiger partial charge is 0.457 e. The molecule has 39 heavy (non-hydrogen) atoms. The first-order valence-corrected chi connectivity index (χ1v) is 12.9. The van der Waals surface area contributed by atoms with Gasteiger partial charge in [-0.1, -0.05) is 29.4 Å². The van der Waals surface area contributed by atoms with E-state index in [0.29, 0.717) is 0 Å². The smallest absolute Gasteiger partial charge is 0.141 e. The van der Waals surface area contributed by atoms with E-state index in [2.05, 4.69) is 98.6 Å². The van der Waals surface area contributed by atoms with Crippen molar-refractivity contribution in [2.75, 3.05) is 18.6 Å². The molecule has 3 aromatic carbocycles. The number of nitrogens with zero attached hydrogens (tertiary/aromatic N) is 5. The summed E-state index contributed by atoms with van der Waals surface area (Å²) in [5.41, 5.74) is 6.03. The van der Waals surface area contributed by atoms with E-state index in [1.165, 1.54) is 5.39 Å². The van der Waals surface area contributed by atoms with Crippen molar-refractivity contribution in [1.29, 1.82) is 0 Å². The number of pyridine rings is 1. The van der Waals surface area contributed by atoms with Crippen LogP contribution in [0.25, 0.3) is 38.8 Å². The van der Waals surface area contributed by atoms with E-state index >= 15 is 0 Å². The number of ether oxygens (including phenoxy) is 1. The number of aromatic nitrogens is 3. The van der Waals surface area contributed by atoms with Crippen LogP contribution in [0.3, 0.4) is 0 Å². The molecule has 0 unspecified atom stereocenters. The average molecular weight is 514 g/mol. The van der Waals surface area contributed by atoms with E-state index < -0.39 is 0 Å². The van der Waals surface area contributed by atoms with Gasteiger partial charge in [0.1, 0.15) is 23.1 Å². The highest BCUT2D eigenvalue weighted by Crippen LogP contribution is 2.38. The maximum atomic E-state index is 6.57. The second-order valence-corrected chi connectivity index (χ2v) is 9.90. The summed E-state index contributed by atoms with van der Waals surface area (Å²) in [6.07, 6.45) is 5.96. The van der Waals surface area contributed by atoms with Crippen molar-refractivity contribution in [2.45, 2.75) is 13.8 Å². The Morgan fingerprint density at radius 2 is 1.67 bits per heavy atom. The van der Waals surface area contributed by atoms with Gasteiger partial charge in [0.25, 0.3) is 0 Å². The van der Waals surface area contributed by atoms with Crippen molar-refractivity contribution < 1.29 is 9.26 Å². The first-order valence-electron chi connectivity index (χ1n) is 12.9. The zero-order chi connectivity index (χ0) is 26.5. The Bertz CT molecular complexity index is 1850. The number of para-hydroxylation sites is 1. The zero-order valence-electron chi connectivity index (χ0n) is 22.0. The second-order valence-electron chi connectivity index (χ2n) is 9.90. The van der Waals surface area contributed by atoms with E-state index in [1.807, 2.05) is 44.3 Å². The second kappa shape index (κ2) is 9.06. The first kappa shape index (κ1) is 23.1. The molecule has 1 aliphatic heterocycles. The fourth-order valence-electron chi connectivity index (χ4n) is 5.43.